The van der Waals surface area contributed by atoms with Crippen LogP contribution in [0.5, 0.6) is 0 Å². The van der Waals surface area contributed by atoms with Crippen LogP contribution >= 0.6 is 11.6 Å². The minimum atomic E-state index is -0.594. The van der Waals surface area contributed by atoms with Crippen LogP contribution in [0.1, 0.15) is 43.0 Å². The van der Waals surface area contributed by atoms with Gasteiger partial charge in [-0.15, -0.1) is 0 Å². The van der Waals surface area contributed by atoms with Gasteiger partial charge in [0.15, 0.2) is 0 Å². The van der Waals surface area contributed by atoms with E-state index < -0.39 is 11.8 Å². The fourth-order valence-corrected chi connectivity index (χ4v) is 2.45. The lowest BCUT2D eigenvalue weighted by Gasteiger charge is -2.26. The summed E-state index contributed by atoms with van der Waals surface area (Å²) in [6, 6.07) is 1.06. The number of hydrogen-bond acceptors (Lipinski definition) is 3. The second kappa shape index (κ2) is 5.65. The third-order valence-electron chi connectivity index (χ3n) is 3.19. The van der Waals surface area contributed by atoms with E-state index in [-0.39, 0.29) is 16.8 Å². The highest BCUT2D eigenvalue weighted by atomic mass is 35.5. The molecule has 1 saturated carbocycles. The highest BCUT2D eigenvalue weighted by molar-refractivity contribution is 6.32. The van der Waals surface area contributed by atoms with Gasteiger partial charge in [0, 0.05) is 0 Å². The summed E-state index contributed by atoms with van der Waals surface area (Å²) in [7, 11) is 0. The first-order valence-electron chi connectivity index (χ1n) is 6.08. The molecule has 1 fully saturated rings. The lowest BCUT2D eigenvalue weighted by Crippen LogP contribution is -2.24. The predicted octanol–water partition coefficient (Wildman–Crippen LogP) is 3.61. The quantitative estimate of drug-likeness (QED) is 0.609. The van der Waals surface area contributed by atoms with E-state index in [9.17, 15) is 9.18 Å². The maximum Gasteiger partial charge on any atom is 0.341 e. The lowest BCUT2D eigenvalue weighted by molar-refractivity contribution is 0.0154. The van der Waals surface area contributed by atoms with Gasteiger partial charge >= 0.3 is 5.97 Å². The zero-order valence-corrected chi connectivity index (χ0v) is 10.9. The van der Waals surface area contributed by atoms with Crippen molar-refractivity contribution < 1.29 is 13.9 Å². The number of esters is 1. The normalized spacial score (nSPS) is 23.7. The van der Waals surface area contributed by atoms with Crippen LogP contribution in [0, 0.1) is 11.7 Å². The Morgan fingerprint density at radius 2 is 2.33 bits per heavy atom. The first-order chi connectivity index (χ1) is 8.56. The van der Waals surface area contributed by atoms with Crippen LogP contribution in [0.3, 0.4) is 0 Å². The van der Waals surface area contributed by atoms with Crippen LogP contribution in [0.2, 0.25) is 5.15 Å². The Bertz CT molecular complexity index is 453. The number of aromatic nitrogens is 1. The Labute approximate surface area is 110 Å². The Morgan fingerprint density at radius 1 is 1.56 bits per heavy atom. The second-order valence-corrected chi connectivity index (χ2v) is 5.15. The number of pyridine rings is 1. The van der Waals surface area contributed by atoms with Gasteiger partial charge in [-0.2, -0.15) is 0 Å². The molecule has 0 bridgehead atoms. The largest absolute Gasteiger partial charge is 0.459 e. The molecule has 98 valence electrons. The molecule has 0 aromatic carbocycles. The summed E-state index contributed by atoms with van der Waals surface area (Å²) in [5.74, 6) is -0.632. The van der Waals surface area contributed by atoms with Crippen LogP contribution in [-0.4, -0.2) is 17.1 Å². The molecule has 18 heavy (non-hydrogen) atoms. The molecular formula is C13H15ClFNO2. The van der Waals surface area contributed by atoms with Gasteiger partial charge in [-0.05, 0) is 31.2 Å². The zero-order chi connectivity index (χ0) is 13.1. The summed E-state index contributed by atoms with van der Waals surface area (Å²) < 4.78 is 18.4. The smallest absolute Gasteiger partial charge is 0.341 e. The van der Waals surface area contributed by atoms with Crippen molar-refractivity contribution in [2.75, 3.05) is 0 Å². The van der Waals surface area contributed by atoms with Crippen molar-refractivity contribution in [3.8, 4) is 0 Å². The minimum Gasteiger partial charge on any atom is -0.459 e. The number of ether oxygens (including phenoxy) is 1. The second-order valence-electron chi connectivity index (χ2n) is 4.79. The summed E-state index contributed by atoms with van der Waals surface area (Å²) in [6.45, 7) is 2.14. The average Bonchev–Trinajstić information content (AvgIpc) is 2.32. The van der Waals surface area contributed by atoms with Gasteiger partial charge in [0.25, 0.3) is 0 Å². The molecule has 0 spiro atoms. The van der Waals surface area contributed by atoms with Crippen molar-refractivity contribution in [1.29, 1.82) is 0 Å². The highest BCUT2D eigenvalue weighted by Gasteiger charge is 2.24. The molecule has 1 aliphatic carbocycles. The third kappa shape index (κ3) is 3.19. The molecular weight excluding hydrogens is 257 g/mol. The number of rotatable bonds is 2. The standard InChI is InChI=1S/C13H15ClFNO2/c1-8-3-2-4-10(5-8)18-13(17)11-6-9(15)7-16-12(11)14/h6-8,10H,2-5H2,1H3. The Balaban J connectivity index is 2.05. The van der Waals surface area contributed by atoms with Gasteiger partial charge < -0.3 is 4.74 Å². The van der Waals surface area contributed by atoms with Crippen LogP contribution in [0.15, 0.2) is 12.3 Å². The molecule has 0 saturated heterocycles. The summed E-state index contributed by atoms with van der Waals surface area (Å²) in [4.78, 5) is 15.5. The van der Waals surface area contributed by atoms with Crippen LogP contribution in [0.4, 0.5) is 4.39 Å². The van der Waals surface area contributed by atoms with Gasteiger partial charge in [0.2, 0.25) is 0 Å². The van der Waals surface area contributed by atoms with E-state index in [0.717, 1.165) is 37.9 Å². The molecule has 1 heterocycles. The summed E-state index contributed by atoms with van der Waals surface area (Å²) in [5.41, 5.74) is -0.00473. The zero-order valence-electron chi connectivity index (χ0n) is 10.2. The molecule has 0 radical (unpaired) electrons. The van der Waals surface area contributed by atoms with E-state index in [1.54, 1.807) is 0 Å². The third-order valence-corrected chi connectivity index (χ3v) is 3.49. The fraction of sp³-hybridized carbons (Fsp3) is 0.538. The summed E-state index contributed by atoms with van der Waals surface area (Å²) in [6.07, 6.45) is 4.80. The van der Waals surface area contributed by atoms with E-state index in [0.29, 0.717) is 5.92 Å². The Kier molecular flexibility index (Phi) is 4.17. The van der Waals surface area contributed by atoms with Gasteiger partial charge in [0.05, 0.1) is 11.8 Å². The van der Waals surface area contributed by atoms with Crippen molar-refractivity contribution in [3.05, 3.63) is 28.8 Å². The monoisotopic (exact) mass is 271 g/mol. The number of hydrogen-bond donors (Lipinski definition) is 0. The van der Waals surface area contributed by atoms with Crippen LogP contribution < -0.4 is 0 Å². The first-order valence-corrected chi connectivity index (χ1v) is 6.46. The highest BCUT2D eigenvalue weighted by Crippen LogP contribution is 2.27. The maximum absolute atomic E-state index is 13.0. The van der Waals surface area contributed by atoms with E-state index in [2.05, 4.69) is 11.9 Å². The van der Waals surface area contributed by atoms with Crippen molar-refractivity contribution in [2.24, 2.45) is 5.92 Å². The molecule has 5 heteroatoms. The van der Waals surface area contributed by atoms with E-state index in [1.807, 2.05) is 0 Å². The minimum absolute atomic E-state index is 0.00473. The van der Waals surface area contributed by atoms with Crippen molar-refractivity contribution in [1.82, 2.24) is 4.98 Å². The molecule has 3 nitrogen and oxygen atoms in total. The van der Waals surface area contributed by atoms with Crippen molar-refractivity contribution in [3.63, 3.8) is 0 Å². The van der Waals surface area contributed by atoms with Gasteiger partial charge in [0.1, 0.15) is 17.1 Å². The Hall–Kier alpha value is -1.16. The van der Waals surface area contributed by atoms with Crippen molar-refractivity contribution >= 4 is 17.6 Å². The predicted molar refractivity (Wildman–Crippen MR) is 66.0 cm³/mol. The number of carbonyl (C=O) groups excluding carboxylic acids is 1. The fourth-order valence-electron chi connectivity index (χ4n) is 2.27. The molecule has 1 aliphatic rings. The molecule has 2 rings (SSSR count). The molecule has 2 atom stereocenters. The van der Waals surface area contributed by atoms with Gasteiger partial charge in [-0.25, -0.2) is 14.2 Å². The van der Waals surface area contributed by atoms with Crippen LogP contribution in [-0.2, 0) is 4.74 Å². The topological polar surface area (TPSA) is 39.2 Å². The maximum atomic E-state index is 13.0. The number of carbonyl (C=O) groups is 1. The van der Waals surface area contributed by atoms with E-state index in [1.165, 1.54) is 0 Å². The van der Waals surface area contributed by atoms with E-state index >= 15 is 0 Å². The Morgan fingerprint density at radius 3 is 3.06 bits per heavy atom. The number of nitrogens with zero attached hydrogens (tertiary/aromatic N) is 1. The molecule has 0 N–H and O–H groups in total. The lowest BCUT2D eigenvalue weighted by atomic mass is 9.89. The summed E-state index contributed by atoms with van der Waals surface area (Å²) in [5, 5.41) is -0.0229. The van der Waals surface area contributed by atoms with Gasteiger partial charge in [-0.3, -0.25) is 0 Å². The molecule has 1 aromatic heterocycles. The first kappa shape index (κ1) is 13.3. The van der Waals surface area contributed by atoms with E-state index in [4.69, 9.17) is 16.3 Å². The van der Waals surface area contributed by atoms with Crippen molar-refractivity contribution in [2.45, 2.75) is 38.7 Å². The van der Waals surface area contributed by atoms with Gasteiger partial charge in [-0.1, -0.05) is 24.9 Å². The molecule has 0 amide bonds. The molecule has 2 unspecified atom stereocenters. The average molecular weight is 272 g/mol. The molecule has 0 aliphatic heterocycles. The SMILES string of the molecule is CC1CCCC(OC(=O)c2cc(F)cnc2Cl)C1. The van der Waals surface area contributed by atoms with Crippen LogP contribution in [0.25, 0.3) is 0 Å². The number of halogens is 2. The molecule has 1 aromatic rings. The summed E-state index contributed by atoms with van der Waals surface area (Å²) >= 11 is 5.76.